The third-order valence-corrected chi connectivity index (χ3v) is 9.98. The van der Waals surface area contributed by atoms with Gasteiger partial charge in [0.05, 0.1) is 11.0 Å². The van der Waals surface area contributed by atoms with Crippen molar-refractivity contribution in [2.75, 3.05) is 17.2 Å². The summed E-state index contributed by atoms with van der Waals surface area (Å²) in [6.07, 6.45) is 11.2. The van der Waals surface area contributed by atoms with E-state index in [-0.39, 0.29) is 3.36 Å². The van der Waals surface area contributed by atoms with Crippen LogP contribution in [-0.2, 0) is 12.8 Å². The van der Waals surface area contributed by atoms with Crippen LogP contribution in [0.1, 0.15) is 73.9 Å². The lowest BCUT2D eigenvalue weighted by molar-refractivity contribution is 0.570. The first kappa shape index (κ1) is 34.1. The number of rotatable bonds is 17. The maximum absolute atomic E-state index is 4.95. The molecule has 0 bridgehead atoms. The normalized spacial score (nSPS) is 11.6. The fourth-order valence-corrected chi connectivity index (χ4v) is 7.33. The quantitative estimate of drug-likeness (QED) is 0.0552. The summed E-state index contributed by atoms with van der Waals surface area (Å²) in [5.74, 6) is 0. The summed E-state index contributed by atoms with van der Waals surface area (Å²) >= 11 is 7.87. The number of alkyl halides is 2. The van der Waals surface area contributed by atoms with E-state index in [4.69, 9.17) is 9.97 Å². The van der Waals surface area contributed by atoms with Gasteiger partial charge in [-0.2, -0.15) is 0 Å². The molecular formula is C42H44Br2N4. The van der Waals surface area contributed by atoms with Crippen LogP contribution in [0.3, 0.4) is 0 Å². The molecule has 0 aliphatic carbocycles. The van der Waals surface area contributed by atoms with Gasteiger partial charge in [-0.15, -0.1) is 0 Å². The number of unbranched alkanes of at least 4 members (excludes halogenated alkanes) is 6. The number of nitrogens with zero attached hydrogens (tertiary/aromatic N) is 2. The molecule has 0 saturated heterocycles. The van der Waals surface area contributed by atoms with Crippen LogP contribution < -0.4 is 10.6 Å². The zero-order valence-corrected chi connectivity index (χ0v) is 30.6. The number of para-hydroxylation sites is 2. The predicted octanol–water partition coefficient (Wildman–Crippen LogP) is 12.1. The monoisotopic (exact) mass is 762 g/mol. The Hall–Kier alpha value is -3.74. The molecule has 2 heterocycles. The van der Waals surface area contributed by atoms with E-state index < -0.39 is 0 Å². The van der Waals surface area contributed by atoms with Crippen LogP contribution in [0.15, 0.2) is 121 Å². The van der Waals surface area contributed by atoms with E-state index in [1.165, 1.54) is 60.7 Å². The molecule has 246 valence electrons. The molecule has 6 aromatic rings. The van der Waals surface area contributed by atoms with Gasteiger partial charge < -0.3 is 10.6 Å². The van der Waals surface area contributed by atoms with Gasteiger partial charge in [0.2, 0.25) is 0 Å². The predicted molar refractivity (Wildman–Crippen MR) is 212 cm³/mol. The molecule has 0 radical (unpaired) electrons. The number of hydrogen-bond donors (Lipinski definition) is 2. The summed E-state index contributed by atoms with van der Waals surface area (Å²) in [6.45, 7) is 0.983. The van der Waals surface area contributed by atoms with Crippen molar-refractivity contribution in [3.63, 3.8) is 0 Å². The van der Waals surface area contributed by atoms with Crippen LogP contribution in [0, 0.1) is 0 Å². The van der Waals surface area contributed by atoms with E-state index in [0.29, 0.717) is 0 Å². The number of hydrogen-bond acceptors (Lipinski definition) is 4. The lowest BCUT2D eigenvalue weighted by atomic mass is 10.1. The minimum absolute atomic E-state index is 0.363. The van der Waals surface area contributed by atoms with Gasteiger partial charge in [-0.1, -0.05) is 129 Å². The molecule has 4 aromatic carbocycles. The zero-order valence-electron chi connectivity index (χ0n) is 27.5. The molecule has 0 fully saturated rings. The van der Waals surface area contributed by atoms with Crippen molar-refractivity contribution in [2.24, 2.45) is 0 Å². The molecule has 6 heteroatoms. The first-order chi connectivity index (χ1) is 23.5. The van der Waals surface area contributed by atoms with Crippen LogP contribution in [-0.4, -0.2) is 19.9 Å². The van der Waals surface area contributed by atoms with Gasteiger partial charge in [0.1, 0.15) is 3.36 Å². The molecule has 2 N–H and O–H groups in total. The molecule has 2 aromatic heterocycles. The van der Waals surface area contributed by atoms with Crippen LogP contribution >= 0.6 is 31.9 Å². The first-order valence-electron chi connectivity index (χ1n) is 17.3. The third-order valence-electron chi connectivity index (χ3n) is 8.80. The molecule has 0 aliphatic rings. The molecule has 0 atom stereocenters. The molecule has 0 saturated carbocycles. The molecule has 4 nitrogen and oxygen atoms in total. The summed E-state index contributed by atoms with van der Waals surface area (Å²) in [5, 5.41) is 9.80. The van der Waals surface area contributed by atoms with Crippen LogP contribution in [0.5, 0.6) is 0 Å². The molecule has 0 aliphatic heterocycles. The number of aromatic nitrogens is 2. The van der Waals surface area contributed by atoms with Crippen molar-refractivity contribution in [3.8, 4) is 0 Å². The highest BCUT2D eigenvalue weighted by atomic mass is 79.9. The van der Waals surface area contributed by atoms with Gasteiger partial charge in [-0.3, -0.25) is 9.97 Å². The Morgan fingerprint density at radius 1 is 0.500 bits per heavy atom. The van der Waals surface area contributed by atoms with E-state index >= 15 is 0 Å². The first-order valence-corrected chi connectivity index (χ1v) is 18.9. The fourth-order valence-electron chi connectivity index (χ4n) is 6.34. The largest absolute Gasteiger partial charge is 0.384 e. The van der Waals surface area contributed by atoms with Crippen molar-refractivity contribution in [1.82, 2.24) is 9.97 Å². The lowest BCUT2D eigenvalue weighted by Gasteiger charge is -2.25. The average Bonchev–Trinajstić information content (AvgIpc) is 3.10. The Balaban J connectivity index is 0.917. The summed E-state index contributed by atoms with van der Waals surface area (Å²) in [5.41, 5.74) is 9.09. The summed E-state index contributed by atoms with van der Waals surface area (Å²) in [6, 6.07) is 42.4. The van der Waals surface area contributed by atoms with Gasteiger partial charge in [0, 0.05) is 52.9 Å². The maximum atomic E-state index is 4.95. The van der Waals surface area contributed by atoms with Crippen LogP contribution in [0.2, 0.25) is 0 Å². The third kappa shape index (κ3) is 9.90. The second-order valence-corrected chi connectivity index (χ2v) is 16.4. The number of fused-ring (bicyclic) bond motifs is 2. The number of halogens is 2. The minimum Gasteiger partial charge on any atom is -0.384 e. The van der Waals surface area contributed by atoms with Gasteiger partial charge >= 0.3 is 0 Å². The summed E-state index contributed by atoms with van der Waals surface area (Å²) in [4.78, 5) is 9.89. The molecule has 6 rings (SSSR count). The molecule has 0 amide bonds. The van der Waals surface area contributed by atoms with Gasteiger partial charge in [-0.25, -0.2) is 0 Å². The van der Waals surface area contributed by atoms with Crippen molar-refractivity contribution >= 4 is 65.0 Å². The van der Waals surface area contributed by atoms with E-state index in [1.807, 2.05) is 0 Å². The van der Waals surface area contributed by atoms with Crippen LogP contribution in [0.4, 0.5) is 11.4 Å². The summed E-state index contributed by atoms with van der Waals surface area (Å²) < 4.78 is -0.363. The molecule has 0 spiro atoms. The SMILES string of the molecule is BrC(Br)(CCCCCCCCCNc1cc(Cc2ccccc2)nc2ccccc12)Nc1cc(Cc2ccccc2)nc2ccccc12. The average molecular weight is 765 g/mol. The lowest BCUT2D eigenvalue weighted by Crippen LogP contribution is -2.23. The molecule has 0 unspecified atom stereocenters. The summed E-state index contributed by atoms with van der Waals surface area (Å²) in [7, 11) is 0. The Morgan fingerprint density at radius 2 is 0.958 bits per heavy atom. The van der Waals surface area contributed by atoms with Crippen molar-refractivity contribution in [1.29, 1.82) is 0 Å². The van der Waals surface area contributed by atoms with Crippen molar-refractivity contribution in [2.45, 2.75) is 67.6 Å². The Bertz CT molecular complexity index is 1890. The van der Waals surface area contributed by atoms with E-state index in [0.717, 1.165) is 65.7 Å². The smallest absolute Gasteiger partial charge is 0.149 e. The Kier molecular flexibility index (Phi) is 12.1. The highest BCUT2D eigenvalue weighted by Gasteiger charge is 2.23. The van der Waals surface area contributed by atoms with E-state index in [9.17, 15) is 0 Å². The highest BCUT2D eigenvalue weighted by molar-refractivity contribution is 9.25. The molecular weight excluding hydrogens is 720 g/mol. The second kappa shape index (κ2) is 17.1. The molecule has 48 heavy (non-hydrogen) atoms. The number of benzene rings is 4. The topological polar surface area (TPSA) is 49.8 Å². The Labute approximate surface area is 302 Å². The number of nitrogens with one attached hydrogen (secondary N) is 2. The second-order valence-electron chi connectivity index (χ2n) is 12.7. The van der Waals surface area contributed by atoms with Crippen molar-refractivity contribution < 1.29 is 0 Å². The highest BCUT2D eigenvalue weighted by Crippen LogP contribution is 2.36. The van der Waals surface area contributed by atoms with Crippen molar-refractivity contribution in [3.05, 3.63) is 144 Å². The number of pyridine rings is 2. The van der Waals surface area contributed by atoms with E-state index in [2.05, 4.69) is 164 Å². The minimum atomic E-state index is -0.363. The fraction of sp³-hybridized carbons (Fsp3) is 0.286. The number of anilines is 2. The Morgan fingerprint density at radius 3 is 1.54 bits per heavy atom. The zero-order chi connectivity index (χ0) is 33.0. The van der Waals surface area contributed by atoms with E-state index in [1.54, 1.807) is 0 Å². The van der Waals surface area contributed by atoms with Gasteiger partial charge in [-0.05, 0) is 86.5 Å². The van der Waals surface area contributed by atoms with Gasteiger partial charge in [0.25, 0.3) is 0 Å². The van der Waals surface area contributed by atoms with Crippen LogP contribution in [0.25, 0.3) is 21.8 Å². The van der Waals surface area contributed by atoms with Gasteiger partial charge in [0.15, 0.2) is 0 Å². The standard InChI is InChI=1S/C42H44Br2N4/c43-42(44,48-41-31-35(29-33-20-10-7-11-21-33)47-39-25-15-13-23-37(39)41)26-16-4-2-1-3-5-17-27-45-40-30-34(28-32-18-8-6-9-19-32)46-38-24-14-12-22-36(38)40/h6-15,18-25,30-31H,1-5,16-17,26-29H2,(H,45,46)(H,47,48). The maximum Gasteiger partial charge on any atom is 0.149 e.